The molecule has 1 aromatic heterocycles. The number of pyridine rings is 1. The lowest BCUT2D eigenvalue weighted by molar-refractivity contribution is 0.0112. The summed E-state index contributed by atoms with van der Waals surface area (Å²) in [5.41, 5.74) is 0.0345. The molecule has 9 heteroatoms. The molecule has 0 saturated carbocycles. The number of nitrogens with zero attached hydrogens (tertiary/aromatic N) is 3. The molecule has 156 valence electrons. The lowest BCUT2D eigenvalue weighted by Crippen LogP contribution is -2.57. The maximum Gasteiger partial charge on any atom is 0.410 e. The zero-order valence-electron chi connectivity index (χ0n) is 17.2. The predicted octanol–water partition coefficient (Wildman–Crippen LogP) is 2.58. The van der Waals surface area contributed by atoms with E-state index < -0.39 is 5.60 Å². The van der Waals surface area contributed by atoms with Crippen LogP contribution in [-0.4, -0.2) is 78.5 Å². The van der Waals surface area contributed by atoms with Crippen LogP contribution in [0, 0.1) is 0 Å². The molecule has 1 aromatic rings. The zero-order chi connectivity index (χ0) is 20.7. The molecule has 9 nitrogen and oxygen atoms in total. The fraction of sp³-hybridized carbons (Fsp3) is 0.632. The van der Waals surface area contributed by atoms with E-state index in [0.29, 0.717) is 44.4 Å². The number of carbonyl (C=O) groups excluding carboxylic acids is 2. The van der Waals surface area contributed by atoms with Crippen molar-refractivity contribution in [3.8, 4) is 5.88 Å². The Hall–Kier alpha value is -2.55. The summed E-state index contributed by atoms with van der Waals surface area (Å²) in [7, 11) is 1.60. The molecular weight excluding hydrogens is 364 g/mol. The molecule has 1 aliphatic rings. The van der Waals surface area contributed by atoms with Gasteiger partial charge in [-0.05, 0) is 33.8 Å². The smallest absolute Gasteiger partial charge is 0.410 e. The highest BCUT2D eigenvalue weighted by molar-refractivity contribution is 5.89. The highest BCUT2D eigenvalue weighted by Crippen LogP contribution is 2.17. The van der Waals surface area contributed by atoms with Crippen molar-refractivity contribution >= 4 is 17.8 Å². The SMILES string of the molecule is COCCOc1ccc(NC(=O)N2CCN(C(=O)OC(C)(C)C)CC2C)cn1. The van der Waals surface area contributed by atoms with Crippen molar-refractivity contribution in [2.45, 2.75) is 39.3 Å². The Labute approximate surface area is 165 Å². The molecule has 1 atom stereocenters. The molecule has 0 bridgehead atoms. The minimum atomic E-state index is -0.540. The van der Waals surface area contributed by atoms with Gasteiger partial charge in [0.25, 0.3) is 0 Å². The minimum Gasteiger partial charge on any atom is -0.475 e. The Morgan fingerprint density at radius 3 is 2.57 bits per heavy atom. The van der Waals surface area contributed by atoms with Crippen LogP contribution >= 0.6 is 0 Å². The van der Waals surface area contributed by atoms with Crippen LogP contribution in [-0.2, 0) is 9.47 Å². The molecule has 0 radical (unpaired) electrons. The van der Waals surface area contributed by atoms with Gasteiger partial charge in [-0.15, -0.1) is 0 Å². The fourth-order valence-electron chi connectivity index (χ4n) is 2.72. The molecule has 1 saturated heterocycles. The van der Waals surface area contributed by atoms with Gasteiger partial charge in [-0.2, -0.15) is 0 Å². The maximum atomic E-state index is 12.6. The molecule has 0 aliphatic carbocycles. The molecule has 2 rings (SSSR count). The van der Waals surface area contributed by atoms with E-state index >= 15 is 0 Å². The van der Waals surface area contributed by atoms with Gasteiger partial charge in [0.1, 0.15) is 12.2 Å². The zero-order valence-corrected chi connectivity index (χ0v) is 17.2. The Bertz CT molecular complexity index is 659. The number of ether oxygens (including phenoxy) is 3. The minimum absolute atomic E-state index is 0.133. The average molecular weight is 394 g/mol. The summed E-state index contributed by atoms with van der Waals surface area (Å²) in [5, 5.41) is 2.83. The third-order valence-electron chi connectivity index (χ3n) is 4.07. The summed E-state index contributed by atoms with van der Waals surface area (Å²) in [6.45, 7) is 9.57. The third kappa shape index (κ3) is 6.56. The van der Waals surface area contributed by atoms with Gasteiger partial charge in [0, 0.05) is 38.9 Å². The summed E-state index contributed by atoms with van der Waals surface area (Å²) < 4.78 is 15.7. The van der Waals surface area contributed by atoms with Crippen LogP contribution in [0.25, 0.3) is 0 Å². The van der Waals surface area contributed by atoms with E-state index in [2.05, 4.69) is 10.3 Å². The molecule has 3 amide bonds. The molecule has 2 heterocycles. The van der Waals surface area contributed by atoms with Gasteiger partial charge in [0.05, 0.1) is 18.5 Å². The van der Waals surface area contributed by atoms with E-state index in [9.17, 15) is 9.59 Å². The number of nitrogens with one attached hydrogen (secondary N) is 1. The molecule has 1 fully saturated rings. The van der Waals surface area contributed by atoms with E-state index in [0.717, 1.165) is 0 Å². The van der Waals surface area contributed by atoms with Gasteiger partial charge >= 0.3 is 12.1 Å². The summed E-state index contributed by atoms with van der Waals surface area (Å²) in [6, 6.07) is 3.06. The number of amides is 3. The molecule has 1 N–H and O–H groups in total. The second-order valence-electron chi connectivity index (χ2n) is 7.63. The molecular formula is C19H30N4O5. The summed E-state index contributed by atoms with van der Waals surface area (Å²) in [5.74, 6) is 0.467. The van der Waals surface area contributed by atoms with E-state index in [1.807, 2.05) is 27.7 Å². The number of anilines is 1. The van der Waals surface area contributed by atoms with Crippen molar-refractivity contribution in [1.29, 1.82) is 0 Å². The number of hydrogen-bond donors (Lipinski definition) is 1. The highest BCUT2D eigenvalue weighted by Gasteiger charge is 2.32. The number of piperazine rings is 1. The van der Waals surface area contributed by atoms with Gasteiger partial charge in [-0.1, -0.05) is 0 Å². The lowest BCUT2D eigenvalue weighted by atomic mass is 10.2. The average Bonchev–Trinajstić information content (AvgIpc) is 2.61. The normalized spacial score (nSPS) is 17.2. The van der Waals surface area contributed by atoms with Crippen molar-refractivity contribution in [2.75, 3.05) is 45.3 Å². The van der Waals surface area contributed by atoms with Gasteiger partial charge in [-0.25, -0.2) is 14.6 Å². The number of methoxy groups -OCH3 is 1. The summed E-state index contributed by atoms with van der Waals surface area (Å²) in [6.07, 6.45) is 1.19. The standard InChI is InChI=1S/C19H30N4O5/c1-14-13-22(18(25)28-19(2,3)4)8-9-23(14)17(24)21-15-6-7-16(20-12-15)27-11-10-26-5/h6-7,12,14H,8-11,13H2,1-5H3,(H,21,24). The first-order valence-corrected chi connectivity index (χ1v) is 9.33. The topological polar surface area (TPSA) is 93.2 Å². The Balaban J connectivity index is 1.85. The molecule has 0 spiro atoms. The van der Waals surface area contributed by atoms with Crippen LogP contribution in [0.1, 0.15) is 27.7 Å². The first-order valence-electron chi connectivity index (χ1n) is 9.33. The van der Waals surface area contributed by atoms with Crippen LogP contribution in [0.5, 0.6) is 5.88 Å². The van der Waals surface area contributed by atoms with Gasteiger partial charge < -0.3 is 29.3 Å². The van der Waals surface area contributed by atoms with Crippen LogP contribution in [0.15, 0.2) is 18.3 Å². The monoisotopic (exact) mass is 394 g/mol. The van der Waals surface area contributed by atoms with E-state index in [1.165, 1.54) is 0 Å². The van der Waals surface area contributed by atoms with E-state index in [4.69, 9.17) is 14.2 Å². The maximum absolute atomic E-state index is 12.6. The number of urea groups is 1. The van der Waals surface area contributed by atoms with Crippen LogP contribution in [0.2, 0.25) is 0 Å². The predicted molar refractivity (Wildman–Crippen MR) is 105 cm³/mol. The van der Waals surface area contributed by atoms with Crippen molar-refractivity contribution < 1.29 is 23.8 Å². The van der Waals surface area contributed by atoms with Gasteiger partial charge in [0.15, 0.2) is 0 Å². The third-order valence-corrected chi connectivity index (χ3v) is 4.07. The number of hydrogen-bond acceptors (Lipinski definition) is 6. The second-order valence-corrected chi connectivity index (χ2v) is 7.63. The molecule has 1 aliphatic heterocycles. The first kappa shape index (κ1) is 21.7. The van der Waals surface area contributed by atoms with Crippen LogP contribution in [0.4, 0.5) is 15.3 Å². The number of aromatic nitrogens is 1. The molecule has 0 aromatic carbocycles. The van der Waals surface area contributed by atoms with E-state index in [-0.39, 0.29) is 18.2 Å². The Morgan fingerprint density at radius 1 is 1.25 bits per heavy atom. The van der Waals surface area contributed by atoms with Crippen LogP contribution in [0.3, 0.4) is 0 Å². The fourth-order valence-corrected chi connectivity index (χ4v) is 2.72. The van der Waals surface area contributed by atoms with Gasteiger partial charge in [-0.3, -0.25) is 0 Å². The number of carbonyl (C=O) groups is 2. The largest absolute Gasteiger partial charge is 0.475 e. The van der Waals surface area contributed by atoms with Gasteiger partial charge in [0.2, 0.25) is 5.88 Å². The first-order chi connectivity index (χ1) is 13.2. The summed E-state index contributed by atoms with van der Waals surface area (Å²) >= 11 is 0. The van der Waals surface area contributed by atoms with Crippen molar-refractivity contribution in [1.82, 2.24) is 14.8 Å². The van der Waals surface area contributed by atoms with E-state index in [1.54, 1.807) is 35.2 Å². The second kappa shape index (κ2) is 9.59. The van der Waals surface area contributed by atoms with Crippen molar-refractivity contribution in [3.63, 3.8) is 0 Å². The molecule has 28 heavy (non-hydrogen) atoms. The highest BCUT2D eigenvalue weighted by atomic mass is 16.6. The Kier molecular flexibility index (Phi) is 7.45. The van der Waals surface area contributed by atoms with Crippen molar-refractivity contribution in [2.24, 2.45) is 0 Å². The molecule has 1 unspecified atom stereocenters. The summed E-state index contributed by atoms with van der Waals surface area (Å²) in [4.78, 5) is 32.3. The number of rotatable bonds is 5. The lowest BCUT2D eigenvalue weighted by Gasteiger charge is -2.40. The van der Waals surface area contributed by atoms with Crippen LogP contribution < -0.4 is 10.1 Å². The van der Waals surface area contributed by atoms with Crippen molar-refractivity contribution in [3.05, 3.63) is 18.3 Å². The quantitative estimate of drug-likeness (QED) is 0.772. The Morgan fingerprint density at radius 2 is 2.00 bits per heavy atom.